The van der Waals surface area contributed by atoms with Crippen molar-refractivity contribution < 1.29 is 19.7 Å². The average molecular weight is 266 g/mol. The monoisotopic (exact) mass is 266 g/mol. The molecule has 1 aromatic rings. The molecule has 1 saturated heterocycles. The molecule has 1 aliphatic rings. The summed E-state index contributed by atoms with van der Waals surface area (Å²) in [6, 6.07) is 8.28. The van der Waals surface area contributed by atoms with Gasteiger partial charge in [0.2, 0.25) is 0 Å². The van der Waals surface area contributed by atoms with E-state index in [1.165, 1.54) is 5.56 Å². The van der Waals surface area contributed by atoms with Gasteiger partial charge in [-0.1, -0.05) is 38.1 Å². The first kappa shape index (κ1) is 14.5. The molecular weight excluding hydrogens is 244 g/mol. The maximum Gasteiger partial charge on any atom is 0.111 e. The molecule has 1 aromatic carbocycles. The Morgan fingerprint density at radius 2 is 2.00 bits per heavy atom. The van der Waals surface area contributed by atoms with Crippen LogP contribution in [0.3, 0.4) is 0 Å². The second-order valence-electron chi connectivity index (χ2n) is 5.29. The second-order valence-corrected chi connectivity index (χ2v) is 5.29. The number of hydrogen-bond acceptors (Lipinski definition) is 4. The lowest BCUT2D eigenvalue weighted by molar-refractivity contribution is -0.0340. The van der Waals surface area contributed by atoms with Crippen molar-refractivity contribution in [3.05, 3.63) is 35.4 Å². The maximum absolute atomic E-state index is 9.83. The molecule has 3 atom stereocenters. The van der Waals surface area contributed by atoms with Crippen LogP contribution in [0.2, 0.25) is 0 Å². The third kappa shape index (κ3) is 3.54. The summed E-state index contributed by atoms with van der Waals surface area (Å²) in [6.45, 7) is 4.92. The van der Waals surface area contributed by atoms with E-state index in [9.17, 15) is 5.11 Å². The molecule has 0 bridgehead atoms. The second kappa shape index (κ2) is 6.48. The Balaban J connectivity index is 1.85. The zero-order chi connectivity index (χ0) is 13.8. The molecule has 2 rings (SSSR count). The molecule has 1 heterocycles. The topological polar surface area (TPSA) is 58.9 Å². The van der Waals surface area contributed by atoms with E-state index in [2.05, 4.69) is 26.0 Å². The quantitative estimate of drug-likeness (QED) is 0.847. The van der Waals surface area contributed by atoms with Crippen LogP contribution in [0.5, 0.6) is 0 Å². The highest BCUT2D eigenvalue weighted by Crippen LogP contribution is 2.19. The largest absolute Gasteiger partial charge is 0.394 e. The summed E-state index contributed by atoms with van der Waals surface area (Å²) in [5.74, 6) is 0.519. The minimum atomic E-state index is -0.750. The normalized spacial score (nSPS) is 27.1. The first-order chi connectivity index (χ1) is 9.11. The molecule has 0 spiro atoms. The molecule has 4 heteroatoms. The predicted molar refractivity (Wildman–Crippen MR) is 71.9 cm³/mol. The van der Waals surface area contributed by atoms with Crippen LogP contribution in [-0.4, -0.2) is 41.7 Å². The van der Waals surface area contributed by atoms with Gasteiger partial charge in [0.15, 0.2) is 0 Å². The van der Waals surface area contributed by atoms with Crippen LogP contribution >= 0.6 is 0 Å². The first-order valence-corrected chi connectivity index (χ1v) is 6.72. The van der Waals surface area contributed by atoms with Crippen molar-refractivity contribution >= 4 is 0 Å². The molecule has 19 heavy (non-hydrogen) atoms. The van der Waals surface area contributed by atoms with Crippen LogP contribution in [-0.2, 0) is 16.1 Å². The molecular formula is C15H22O4. The number of benzene rings is 1. The molecule has 4 nitrogen and oxygen atoms in total. The average Bonchev–Trinajstić information content (AvgIpc) is 2.77. The van der Waals surface area contributed by atoms with Crippen LogP contribution in [0.4, 0.5) is 0 Å². The van der Waals surface area contributed by atoms with Crippen molar-refractivity contribution in [1.82, 2.24) is 0 Å². The van der Waals surface area contributed by atoms with E-state index in [4.69, 9.17) is 14.6 Å². The Kier molecular flexibility index (Phi) is 4.93. The van der Waals surface area contributed by atoms with Crippen molar-refractivity contribution in [1.29, 1.82) is 0 Å². The van der Waals surface area contributed by atoms with Crippen LogP contribution in [0.15, 0.2) is 24.3 Å². The van der Waals surface area contributed by atoms with Gasteiger partial charge in [0.1, 0.15) is 18.3 Å². The summed E-state index contributed by atoms with van der Waals surface area (Å²) in [4.78, 5) is 0. The number of rotatable bonds is 5. The Morgan fingerprint density at radius 1 is 1.32 bits per heavy atom. The summed E-state index contributed by atoms with van der Waals surface area (Å²) >= 11 is 0. The Morgan fingerprint density at radius 3 is 2.53 bits per heavy atom. The zero-order valence-electron chi connectivity index (χ0n) is 11.5. The molecule has 0 radical (unpaired) electrons. The van der Waals surface area contributed by atoms with Crippen molar-refractivity contribution in [3.63, 3.8) is 0 Å². The van der Waals surface area contributed by atoms with Gasteiger partial charge in [0.25, 0.3) is 0 Å². The van der Waals surface area contributed by atoms with E-state index in [-0.39, 0.29) is 12.7 Å². The molecule has 106 valence electrons. The molecule has 0 aromatic heterocycles. The Bertz CT molecular complexity index is 388. The van der Waals surface area contributed by atoms with E-state index >= 15 is 0 Å². The highest BCUT2D eigenvalue weighted by molar-refractivity contribution is 5.24. The smallest absolute Gasteiger partial charge is 0.111 e. The van der Waals surface area contributed by atoms with Gasteiger partial charge in [-0.15, -0.1) is 0 Å². The number of ether oxygens (including phenoxy) is 2. The molecule has 2 N–H and O–H groups in total. The SMILES string of the molecule is CC(C)c1ccc(CO[C@H]2CO[C@H](CO)[C@H]2O)cc1. The lowest BCUT2D eigenvalue weighted by Crippen LogP contribution is -2.33. The van der Waals surface area contributed by atoms with Crippen LogP contribution in [0, 0.1) is 0 Å². The van der Waals surface area contributed by atoms with Gasteiger partial charge >= 0.3 is 0 Å². The standard InChI is InChI=1S/C15H22O4/c1-10(2)12-5-3-11(4-6-12)8-18-14-9-19-13(7-16)15(14)17/h3-6,10,13-17H,7-9H2,1-2H3/t13-,14+,15-/m1/s1. The summed E-state index contributed by atoms with van der Waals surface area (Å²) in [6.07, 6.45) is -1.63. The molecule has 1 aliphatic heterocycles. The fraction of sp³-hybridized carbons (Fsp3) is 0.600. The Labute approximate surface area is 114 Å². The summed E-state index contributed by atoms with van der Waals surface area (Å²) in [5, 5.41) is 18.8. The van der Waals surface area contributed by atoms with Crippen molar-refractivity contribution in [2.24, 2.45) is 0 Å². The Hall–Kier alpha value is -0.940. The van der Waals surface area contributed by atoms with Gasteiger partial charge in [0.05, 0.1) is 19.8 Å². The summed E-state index contributed by atoms with van der Waals surface area (Å²) in [5.41, 5.74) is 2.37. The van der Waals surface area contributed by atoms with E-state index in [0.29, 0.717) is 19.1 Å². The minimum absolute atomic E-state index is 0.176. The van der Waals surface area contributed by atoms with Gasteiger partial charge < -0.3 is 19.7 Å². The van der Waals surface area contributed by atoms with Gasteiger partial charge in [-0.05, 0) is 17.0 Å². The lowest BCUT2D eigenvalue weighted by atomic mass is 10.0. The molecule has 0 unspecified atom stereocenters. The van der Waals surface area contributed by atoms with Crippen molar-refractivity contribution in [3.8, 4) is 0 Å². The van der Waals surface area contributed by atoms with Crippen molar-refractivity contribution in [2.75, 3.05) is 13.2 Å². The number of hydrogen-bond donors (Lipinski definition) is 2. The van der Waals surface area contributed by atoms with Gasteiger partial charge in [0, 0.05) is 0 Å². The fourth-order valence-electron chi connectivity index (χ4n) is 2.16. The van der Waals surface area contributed by atoms with Gasteiger partial charge in [-0.2, -0.15) is 0 Å². The summed E-state index contributed by atoms with van der Waals surface area (Å²) in [7, 11) is 0. The first-order valence-electron chi connectivity index (χ1n) is 6.72. The third-order valence-corrected chi connectivity index (χ3v) is 3.53. The van der Waals surface area contributed by atoms with E-state index in [1.807, 2.05) is 12.1 Å². The molecule has 1 fully saturated rings. The zero-order valence-corrected chi connectivity index (χ0v) is 11.5. The predicted octanol–water partition coefficient (Wildman–Crippen LogP) is 1.45. The highest BCUT2D eigenvalue weighted by atomic mass is 16.6. The van der Waals surface area contributed by atoms with E-state index in [1.54, 1.807) is 0 Å². The third-order valence-electron chi connectivity index (χ3n) is 3.53. The molecule has 0 amide bonds. The lowest BCUT2D eigenvalue weighted by Gasteiger charge is -2.16. The van der Waals surface area contributed by atoms with E-state index < -0.39 is 12.2 Å². The van der Waals surface area contributed by atoms with Crippen LogP contribution in [0.25, 0.3) is 0 Å². The number of aliphatic hydroxyl groups is 2. The number of aliphatic hydroxyl groups excluding tert-OH is 2. The minimum Gasteiger partial charge on any atom is -0.394 e. The molecule has 0 aliphatic carbocycles. The van der Waals surface area contributed by atoms with Crippen LogP contribution < -0.4 is 0 Å². The van der Waals surface area contributed by atoms with Crippen molar-refractivity contribution in [2.45, 2.75) is 44.7 Å². The molecule has 0 saturated carbocycles. The highest BCUT2D eigenvalue weighted by Gasteiger charge is 2.36. The van der Waals surface area contributed by atoms with E-state index in [0.717, 1.165) is 5.56 Å². The van der Waals surface area contributed by atoms with Crippen LogP contribution in [0.1, 0.15) is 30.9 Å². The van der Waals surface area contributed by atoms with Gasteiger partial charge in [-0.3, -0.25) is 0 Å². The maximum atomic E-state index is 9.83. The fourth-order valence-corrected chi connectivity index (χ4v) is 2.16. The van der Waals surface area contributed by atoms with Gasteiger partial charge in [-0.25, -0.2) is 0 Å². The summed E-state index contributed by atoms with van der Waals surface area (Å²) < 4.78 is 10.9.